The van der Waals surface area contributed by atoms with Gasteiger partial charge in [-0.1, -0.05) is 58.4 Å². The molecular weight excluding hydrogens is 1320 g/mol. The number of rotatable bonds is 18. The number of carbonyl (C=O) groups is 5. The lowest BCUT2D eigenvalue weighted by Gasteiger charge is -2.24. The van der Waals surface area contributed by atoms with Crippen LogP contribution in [-0.2, 0) is 72.5 Å². The second-order valence-corrected chi connectivity index (χ2v) is 29.0. The van der Waals surface area contributed by atoms with E-state index in [2.05, 4.69) is 31.9 Å². The van der Waals surface area contributed by atoms with E-state index in [-0.39, 0.29) is 57.1 Å². The molecule has 0 aliphatic carbocycles. The average Bonchev–Trinajstić information content (AvgIpc) is 0.758. The van der Waals surface area contributed by atoms with E-state index < -0.39 is 158 Å². The molecule has 0 fully saturated rings. The maximum Gasteiger partial charge on any atom is 0.323 e. The Kier molecular flexibility index (Phi) is 18.6. The lowest BCUT2D eigenvalue weighted by atomic mass is 9.85. The van der Waals surface area contributed by atoms with Crippen LogP contribution in [0, 0.1) is 0 Å². The van der Waals surface area contributed by atoms with Gasteiger partial charge in [0.2, 0.25) is 0 Å². The molecule has 8 aromatic rings. The van der Waals surface area contributed by atoms with E-state index >= 15 is 0 Å². The smallest absolute Gasteiger partial charge is 0.323 e. The average molecular weight is 1360 g/mol. The second kappa shape index (κ2) is 24.9. The summed E-state index contributed by atoms with van der Waals surface area (Å²) in [7, 11) is -33.7. The van der Waals surface area contributed by atoms with Crippen LogP contribution < -0.4 is 31.9 Å². The van der Waals surface area contributed by atoms with E-state index in [0.29, 0.717) is 48.2 Å². The first-order chi connectivity index (χ1) is 42.0. The van der Waals surface area contributed by atoms with Crippen LogP contribution in [0.2, 0.25) is 0 Å². The standard InChI is InChI=1S/C56H50N6O23S6/c1-5-8-29-13-14-32(53(65)59-41-17-19-45(88(74,75)76)38-25-36(86(68,69)70)27-47(49(38)41)90(80,81)82)23-43(29)61-51(63)30-9-6-11-34(21-30)57-55(67)58-35-12-7-10-31(22-35)52(64)62-44-24-33(15-16-40(44)56(2,3)4)54(66)60-42-18-20-46(89(77,78)79)39-26-37(87(71,72)73)28-48(50(39)42)91(83,84)85/h6-7,9-28H,5,8H2,1-4H3,(H,59,65)(H,60,66)(H,61,63)(H,62,64)(H2,57,58,67)(H,68,69,70)(H,71,72,73)(H,74,75,76)(H,77,78,79)(H,80,81,82)(H,83,84,85)/p-6. The molecular formula is C56H44N6O23S6-6. The molecule has 8 rings (SSSR count). The molecule has 91 heavy (non-hydrogen) atoms. The summed E-state index contributed by atoms with van der Waals surface area (Å²) in [6, 6.07) is 21.9. The highest BCUT2D eigenvalue weighted by Crippen LogP contribution is 2.40. The van der Waals surface area contributed by atoms with Gasteiger partial charge in [-0.2, -0.15) is 0 Å². The van der Waals surface area contributed by atoms with Crippen LogP contribution in [0.3, 0.4) is 0 Å². The minimum Gasteiger partial charge on any atom is -0.744 e. The molecule has 0 saturated heterocycles. The fourth-order valence-electron chi connectivity index (χ4n) is 9.43. The minimum atomic E-state index is -5.77. The van der Waals surface area contributed by atoms with Crippen molar-refractivity contribution in [2.45, 2.75) is 75.3 Å². The number of urea groups is 1. The van der Waals surface area contributed by atoms with E-state index in [9.17, 15) is 102 Å². The number of anilines is 6. The predicted octanol–water partition coefficient (Wildman–Crippen LogP) is 6.32. The molecule has 8 aromatic carbocycles. The maximum atomic E-state index is 14.0. The first-order valence-electron chi connectivity index (χ1n) is 25.8. The number of amides is 6. The van der Waals surface area contributed by atoms with Crippen molar-refractivity contribution in [3.05, 3.63) is 167 Å². The van der Waals surface area contributed by atoms with E-state index in [1.807, 2.05) is 6.92 Å². The molecule has 0 radical (unpaired) electrons. The van der Waals surface area contributed by atoms with Crippen LogP contribution in [0.25, 0.3) is 21.5 Å². The highest BCUT2D eigenvalue weighted by Gasteiger charge is 2.27. The van der Waals surface area contributed by atoms with Crippen LogP contribution in [0.1, 0.15) is 86.7 Å². The van der Waals surface area contributed by atoms with Crippen molar-refractivity contribution in [2.24, 2.45) is 0 Å². The van der Waals surface area contributed by atoms with Crippen molar-refractivity contribution in [3.63, 3.8) is 0 Å². The molecule has 0 saturated carbocycles. The number of carbonyl (C=O) groups excluding carboxylic acids is 5. The fraction of sp³-hybridized carbons (Fsp3) is 0.125. The molecule has 0 aliphatic rings. The molecule has 6 amide bonds. The number of hydrogen-bond donors (Lipinski definition) is 6. The van der Waals surface area contributed by atoms with E-state index in [1.165, 1.54) is 84.9 Å². The van der Waals surface area contributed by atoms with E-state index in [0.717, 1.165) is 12.1 Å². The molecule has 29 nitrogen and oxygen atoms in total. The summed E-state index contributed by atoms with van der Waals surface area (Å²) in [6.07, 6.45) is 0.872. The normalized spacial score (nSPS) is 12.5. The largest absolute Gasteiger partial charge is 0.744 e. The molecule has 478 valence electrons. The third-order valence-corrected chi connectivity index (χ3v) is 18.6. The molecule has 0 atom stereocenters. The van der Waals surface area contributed by atoms with Gasteiger partial charge in [0.1, 0.15) is 60.7 Å². The zero-order chi connectivity index (χ0) is 67.3. The predicted molar refractivity (Wildman–Crippen MR) is 319 cm³/mol. The highest BCUT2D eigenvalue weighted by molar-refractivity contribution is 7.87. The van der Waals surface area contributed by atoms with Crippen molar-refractivity contribution in [3.8, 4) is 0 Å². The zero-order valence-electron chi connectivity index (χ0n) is 47.0. The monoisotopic (exact) mass is 1360 g/mol. The molecule has 0 aromatic heterocycles. The van der Waals surface area contributed by atoms with Crippen LogP contribution in [0.5, 0.6) is 0 Å². The van der Waals surface area contributed by atoms with Crippen LogP contribution in [0.15, 0.2) is 163 Å². The van der Waals surface area contributed by atoms with Crippen molar-refractivity contribution < 1.29 is 102 Å². The Labute approximate surface area is 518 Å². The summed E-state index contributed by atoms with van der Waals surface area (Å²) in [5.74, 6) is -3.68. The minimum absolute atomic E-state index is 0.0325. The highest BCUT2D eigenvalue weighted by atomic mass is 32.2. The summed E-state index contributed by atoms with van der Waals surface area (Å²) in [5.41, 5.74) is -1.25. The molecule has 0 spiro atoms. The first kappa shape index (κ1) is 67.8. The summed E-state index contributed by atoms with van der Waals surface area (Å²) in [5, 5.41) is 11.3. The number of fused-ring (bicyclic) bond motifs is 2. The second-order valence-electron chi connectivity index (χ2n) is 20.8. The SMILES string of the molecule is CCCc1ccc(C(=O)Nc2ccc(S(=O)(=O)[O-])c3cc(S(=O)(=O)[O-])cc(S(=O)(=O)[O-])c23)cc1NC(=O)c1cccc(NC(=O)Nc2cccc(C(=O)Nc3cc(C(=O)Nc4ccc(S(=O)(=O)[O-])c5cc(S(=O)(=O)[O-])cc(S(=O)(=O)[O-])c45)ccc3C(C)(C)C)c2)c1. The maximum absolute atomic E-state index is 14.0. The van der Waals surface area contributed by atoms with E-state index in [1.54, 1.807) is 20.8 Å². The first-order valence-corrected chi connectivity index (χ1v) is 34.3. The van der Waals surface area contributed by atoms with Crippen LogP contribution in [-0.4, -0.2) is 107 Å². The van der Waals surface area contributed by atoms with Gasteiger partial charge in [-0.25, -0.2) is 55.3 Å². The number of nitrogens with one attached hydrogen (secondary N) is 6. The lowest BCUT2D eigenvalue weighted by molar-refractivity contribution is 0.101. The van der Waals surface area contributed by atoms with Crippen molar-refractivity contribution in [2.75, 3.05) is 31.9 Å². The molecule has 0 bridgehead atoms. The Morgan fingerprint density at radius 2 is 0.736 bits per heavy atom. The lowest BCUT2D eigenvalue weighted by Crippen LogP contribution is -2.22. The van der Waals surface area contributed by atoms with E-state index in [4.69, 9.17) is 0 Å². The Morgan fingerprint density at radius 1 is 0.374 bits per heavy atom. The van der Waals surface area contributed by atoms with Gasteiger partial charge in [0.05, 0.1) is 40.7 Å². The molecule has 6 N–H and O–H groups in total. The Hall–Kier alpha value is -9.11. The van der Waals surface area contributed by atoms with Gasteiger partial charge in [-0.3, -0.25) is 19.2 Å². The molecule has 0 heterocycles. The third kappa shape index (κ3) is 15.6. The quantitative estimate of drug-likeness (QED) is 0.0512. The molecule has 0 unspecified atom stereocenters. The summed E-state index contributed by atoms with van der Waals surface area (Å²) in [6.45, 7) is 7.12. The number of aryl methyl sites for hydroxylation is 1. The molecule has 35 heteroatoms. The summed E-state index contributed by atoms with van der Waals surface area (Å²) < 4.78 is 219. The van der Waals surface area contributed by atoms with Crippen molar-refractivity contribution in [1.29, 1.82) is 0 Å². The third-order valence-electron chi connectivity index (χ3n) is 13.4. The number of benzene rings is 8. The van der Waals surface area contributed by atoms with Gasteiger partial charge < -0.3 is 59.2 Å². The Balaban J connectivity index is 0.989. The fourth-order valence-corrected chi connectivity index (χ4v) is 13.4. The number of hydrogen-bond acceptors (Lipinski definition) is 23. The summed E-state index contributed by atoms with van der Waals surface area (Å²) >= 11 is 0. The summed E-state index contributed by atoms with van der Waals surface area (Å²) in [4.78, 5) is 60.9. The zero-order valence-corrected chi connectivity index (χ0v) is 51.9. The van der Waals surface area contributed by atoms with Gasteiger partial charge in [-0.15, -0.1) is 0 Å². The van der Waals surface area contributed by atoms with Crippen LogP contribution in [0.4, 0.5) is 38.9 Å². The molecule has 0 aliphatic heterocycles. The topological polar surface area (TPSA) is 501 Å². The van der Waals surface area contributed by atoms with Crippen molar-refractivity contribution >= 4 is 146 Å². The van der Waals surface area contributed by atoms with Gasteiger partial charge >= 0.3 is 6.03 Å². The van der Waals surface area contributed by atoms with Gasteiger partial charge in [0.25, 0.3) is 23.6 Å². The van der Waals surface area contributed by atoms with Gasteiger partial charge in [0.15, 0.2) is 0 Å². The van der Waals surface area contributed by atoms with Crippen molar-refractivity contribution in [1.82, 2.24) is 0 Å². The van der Waals surface area contributed by atoms with Gasteiger partial charge in [0, 0.05) is 66.5 Å². The Bertz CT molecular complexity index is 5170. The van der Waals surface area contributed by atoms with Crippen LogP contribution >= 0.6 is 0 Å². The Morgan fingerprint density at radius 3 is 1.11 bits per heavy atom. The van der Waals surface area contributed by atoms with Gasteiger partial charge in [-0.05, 0) is 132 Å².